The molecule has 0 saturated carbocycles. The average Bonchev–Trinajstić information content (AvgIpc) is 3.10. The standard InChI is InChI=1S/C28H41N5O6S/c1-19(2)33-25-7-5-4-6-20(25)14-26(27(33)35)39-28(36)29-21-15-22-8-9-23(16-21)32(22)18-24(34)17-30-10-12-31(13-11-30)40(3,37)38/h4-7,14,19,21-24,34H,8-13,15-18H2,1-3H3,(H,29,36)/t21-,22-,23+,24-/m0/s1. The minimum atomic E-state index is -3.17. The van der Waals surface area contributed by atoms with Crippen molar-refractivity contribution in [1.82, 2.24) is 24.0 Å². The maximum atomic E-state index is 13.1. The molecule has 11 nitrogen and oxygen atoms in total. The van der Waals surface area contributed by atoms with Gasteiger partial charge in [0.2, 0.25) is 10.0 Å². The van der Waals surface area contributed by atoms with Gasteiger partial charge in [-0.3, -0.25) is 14.6 Å². The highest BCUT2D eigenvalue weighted by Crippen LogP contribution is 2.36. The van der Waals surface area contributed by atoms with Gasteiger partial charge in [0.15, 0.2) is 5.75 Å². The van der Waals surface area contributed by atoms with E-state index in [-0.39, 0.29) is 35.5 Å². The van der Waals surface area contributed by atoms with Crippen molar-refractivity contribution in [3.63, 3.8) is 0 Å². The van der Waals surface area contributed by atoms with Gasteiger partial charge in [-0.1, -0.05) is 18.2 Å². The number of aromatic nitrogens is 1. The van der Waals surface area contributed by atoms with Gasteiger partial charge in [0.25, 0.3) is 5.56 Å². The highest BCUT2D eigenvalue weighted by atomic mass is 32.2. The number of piperazine rings is 1. The molecule has 1 aromatic carbocycles. The van der Waals surface area contributed by atoms with Gasteiger partial charge in [0.1, 0.15) is 0 Å². The van der Waals surface area contributed by atoms with Gasteiger partial charge in [0, 0.05) is 68.8 Å². The number of hydrogen-bond acceptors (Lipinski definition) is 8. The van der Waals surface area contributed by atoms with E-state index in [0.29, 0.717) is 39.3 Å². The van der Waals surface area contributed by atoms with E-state index in [4.69, 9.17) is 4.74 Å². The Morgan fingerprint density at radius 3 is 2.35 bits per heavy atom. The van der Waals surface area contributed by atoms with Crippen molar-refractivity contribution in [2.75, 3.05) is 45.5 Å². The van der Waals surface area contributed by atoms with Crippen LogP contribution in [0, 0.1) is 0 Å². The summed E-state index contributed by atoms with van der Waals surface area (Å²) >= 11 is 0. The smallest absolute Gasteiger partial charge is 0.404 e. The van der Waals surface area contributed by atoms with Gasteiger partial charge >= 0.3 is 6.09 Å². The van der Waals surface area contributed by atoms with E-state index in [1.807, 2.05) is 38.1 Å². The maximum Gasteiger partial charge on any atom is 0.413 e. The van der Waals surface area contributed by atoms with Gasteiger partial charge in [-0.05, 0) is 51.7 Å². The molecule has 3 aliphatic rings. The molecule has 0 unspecified atom stereocenters. The summed E-state index contributed by atoms with van der Waals surface area (Å²) in [5.74, 6) is 0.0193. The minimum absolute atomic E-state index is 0.0193. The molecule has 2 aromatic rings. The highest BCUT2D eigenvalue weighted by Gasteiger charge is 2.42. The number of carbonyl (C=O) groups is 1. The molecule has 3 saturated heterocycles. The monoisotopic (exact) mass is 575 g/mol. The number of aliphatic hydroxyl groups is 1. The largest absolute Gasteiger partial charge is 0.413 e. The quantitative estimate of drug-likeness (QED) is 0.487. The van der Waals surface area contributed by atoms with Gasteiger partial charge in [-0.25, -0.2) is 13.2 Å². The topological polar surface area (TPSA) is 124 Å². The number of rotatable bonds is 8. The summed E-state index contributed by atoms with van der Waals surface area (Å²) in [6.07, 6.45) is 3.64. The highest BCUT2D eigenvalue weighted by molar-refractivity contribution is 7.88. The fourth-order valence-electron chi connectivity index (χ4n) is 6.67. The molecule has 40 heavy (non-hydrogen) atoms. The second-order valence-electron chi connectivity index (χ2n) is 11.7. The number of piperidine rings is 1. The number of fused-ring (bicyclic) bond motifs is 3. The van der Waals surface area contributed by atoms with E-state index in [0.717, 1.165) is 36.6 Å². The van der Waals surface area contributed by atoms with Crippen LogP contribution in [0.15, 0.2) is 35.1 Å². The Kier molecular flexibility index (Phi) is 8.53. The number of nitrogens with one attached hydrogen (secondary N) is 1. The number of aliphatic hydroxyl groups excluding tert-OH is 1. The average molecular weight is 576 g/mol. The summed E-state index contributed by atoms with van der Waals surface area (Å²) in [5, 5.41) is 14.7. The third-order valence-corrected chi connectivity index (χ3v) is 9.83. The van der Waals surface area contributed by atoms with E-state index >= 15 is 0 Å². The van der Waals surface area contributed by atoms with Crippen LogP contribution in [0.4, 0.5) is 4.79 Å². The van der Waals surface area contributed by atoms with E-state index in [9.17, 15) is 23.1 Å². The molecule has 2 bridgehead atoms. The van der Waals surface area contributed by atoms with Crippen LogP contribution in [0.2, 0.25) is 0 Å². The molecule has 3 aliphatic heterocycles. The van der Waals surface area contributed by atoms with Crippen molar-refractivity contribution in [2.24, 2.45) is 0 Å². The number of nitrogens with zero attached hydrogens (tertiary/aromatic N) is 4. The van der Waals surface area contributed by atoms with Crippen LogP contribution in [0.5, 0.6) is 5.75 Å². The lowest BCUT2D eigenvalue weighted by atomic mass is 9.97. The van der Waals surface area contributed by atoms with Gasteiger partial charge < -0.3 is 19.7 Å². The number of sulfonamides is 1. The number of para-hydroxylation sites is 1. The first-order valence-corrected chi connectivity index (χ1v) is 16.1. The van der Waals surface area contributed by atoms with Gasteiger partial charge in [0.05, 0.1) is 17.9 Å². The van der Waals surface area contributed by atoms with Crippen molar-refractivity contribution >= 4 is 27.0 Å². The number of pyridine rings is 1. The normalized spacial score (nSPS) is 25.4. The van der Waals surface area contributed by atoms with Crippen LogP contribution >= 0.6 is 0 Å². The van der Waals surface area contributed by atoms with E-state index in [1.54, 1.807) is 10.6 Å². The first-order chi connectivity index (χ1) is 19.0. The first kappa shape index (κ1) is 29.0. The lowest BCUT2D eigenvalue weighted by molar-refractivity contribution is 0.0282. The van der Waals surface area contributed by atoms with Crippen molar-refractivity contribution in [1.29, 1.82) is 0 Å². The summed E-state index contributed by atoms with van der Waals surface area (Å²) in [5.41, 5.74) is 0.475. The van der Waals surface area contributed by atoms with E-state index in [2.05, 4.69) is 15.1 Å². The van der Waals surface area contributed by atoms with Crippen molar-refractivity contribution < 1.29 is 23.1 Å². The zero-order valence-electron chi connectivity index (χ0n) is 23.5. The summed E-state index contributed by atoms with van der Waals surface area (Å²) < 4.78 is 32.2. The second kappa shape index (κ2) is 11.8. The Bertz CT molecular complexity index is 1370. The van der Waals surface area contributed by atoms with Crippen LogP contribution in [-0.2, 0) is 10.0 Å². The molecule has 5 rings (SSSR count). The Morgan fingerprint density at radius 1 is 1.07 bits per heavy atom. The molecule has 12 heteroatoms. The fraction of sp³-hybridized carbons (Fsp3) is 0.643. The number of carbonyl (C=O) groups excluding carboxylic acids is 1. The molecule has 0 radical (unpaired) electrons. The summed E-state index contributed by atoms with van der Waals surface area (Å²) in [6.45, 7) is 7.07. The fourth-order valence-corrected chi connectivity index (χ4v) is 7.50. The lowest BCUT2D eigenvalue weighted by Gasteiger charge is -2.41. The molecule has 1 amide bonds. The second-order valence-corrected chi connectivity index (χ2v) is 13.7. The lowest BCUT2D eigenvalue weighted by Crippen LogP contribution is -2.55. The number of ether oxygens (including phenoxy) is 1. The van der Waals surface area contributed by atoms with Crippen molar-refractivity contribution in [3.05, 3.63) is 40.7 Å². The molecular formula is C28H41N5O6S. The molecule has 4 heterocycles. The van der Waals surface area contributed by atoms with Gasteiger partial charge in [-0.15, -0.1) is 0 Å². The molecule has 220 valence electrons. The SMILES string of the molecule is CC(C)n1c(=O)c(OC(=O)N[C@@H]2C[C@H]3CC[C@@H](C2)N3C[C@@H](O)CN2CCN(S(C)(=O)=O)CC2)cc2ccccc21. The molecule has 0 aliphatic carbocycles. The number of β-amino-alcohol motifs (C(OH)–C–C–N with tert-alkyl or cyclic N) is 1. The molecular weight excluding hydrogens is 534 g/mol. The van der Waals surface area contributed by atoms with Crippen molar-refractivity contribution in [2.45, 2.75) is 69.8 Å². The van der Waals surface area contributed by atoms with Crippen LogP contribution in [0.3, 0.4) is 0 Å². The van der Waals surface area contributed by atoms with E-state index < -0.39 is 22.2 Å². The Morgan fingerprint density at radius 2 is 1.73 bits per heavy atom. The molecule has 3 fully saturated rings. The Balaban J connectivity index is 1.14. The van der Waals surface area contributed by atoms with Crippen LogP contribution in [0.25, 0.3) is 10.9 Å². The Hall–Kier alpha value is -2.51. The van der Waals surface area contributed by atoms with Crippen LogP contribution in [0.1, 0.15) is 45.6 Å². The summed E-state index contributed by atoms with van der Waals surface area (Å²) in [6, 6.07) is 9.57. The zero-order chi connectivity index (χ0) is 28.6. The minimum Gasteiger partial charge on any atom is -0.404 e. The zero-order valence-corrected chi connectivity index (χ0v) is 24.3. The number of amides is 1. The van der Waals surface area contributed by atoms with Crippen LogP contribution < -0.4 is 15.6 Å². The summed E-state index contributed by atoms with van der Waals surface area (Å²) in [7, 11) is -3.17. The molecule has 0 spiro atoms. The van der Waals surface area contributed by atoms with Crippen molar-refractivity contribution in [3.8, 4) is 5.75 Å². The Labute approximate surface area is 235 Å². The third-order valence-electron chi connectivity index (χ3n) is 8.53. The molecule has 4 atom stereocenters. The first-order valence-electron chi connectivity index (χ1n) is 14.2. The summed E-state index contributed by atoms with van der Waals surface area (Å²) in [4.78, 5) is 30.5. The number of hydrogen-bond donors (Lipinski definition) is 2. The number of benzene rings is 1. The molecule has 1 aromatic heterocycles. The predicted octanol–water partition coefficient (Wildman–Crippen LogP) is 1.60. The van der Waals surface area contributed by atoms with E-state index in [1.165, 1.54) is 10.6 Å². The molecule has 2 N–H and O–H groups in total. The third kappa shape index (κ3) is 6.36. The maximum absolute atomic E-state index is 13.1. The van der Waals surface area contributed by atoms with Gasteiger partial charge in [-0.2, -0.15) is 4.31 Å². The predicted molar refractivity (Wildman–Crippen MR) is 153 cm³/mol. The van der Waals surface area contributed by atoms with Crippen LogP contribution in [-0.4, -0.2) is 108 Å².